The Bertz CT molecular complexity index is 785. The number of carbonyl (C=O) groups is 2. The van der Waals surface area contributed by atoms with Gasteiger partial charge in [-0.15, -0.1) is 0 Å². The van der Waals surface area contributed by atoms with Gasteiger partial charge in [0.2, 0.25) is 5.91 Å². The average molecular weight is 356 g/mol. The zero-order valence-electron chi connectivity index (χ0n) is 15.4. The highest BCUT2D eigenvalue weighted by atomic mass is 16.5. The van der Waals surface area contributed by atoms with E-state index < -0.39 is 11.4 Å². The van der Waals surface area contributed by atoms with Crippen molar-refractivity contribution in [2.24, 2.45) is 0 Å². The molecule has 1 N–H and O–H groups in total. The lowest BCUT2D eigenvalue weighted by Gasteiger charge is -2.40. The summed E-state index contributed by atoms with van der Waals surface area (Å²) in [5.74, 6) is -0.527. The van der Waals surface area contributed by atoms with Gasteiger partial charge in [-0.3, -0.25) is 9.59 Å². The van der Waals surface area contributed by atoms with E-state index in [2.05, 4.69) is 5.16 Å². The number of aromatic nitrogens is 1. The molecule has 2 aromatic rings. The molecule has 138 valence electrons. The van der Waals surface area contributed by atoms with Crippen LogP contribution in [0.15, 0.2) is 34.9 Å². The fraction of sp³-hybridized carbons (Fsp3) is 0.450. The Morgan fingerprint density at radius 2 is 1.81 bits per heavy atom. The summed E-state index contributed by atoms with van der Waals surface area (Å²) in [6.45, 7) is 6.34. The lowest BCUT2D eigenvalue weighted by atomic mass is 9.72. The van der Waals surface area contributed by atoms with Gasteiger partial charge in [0, 0.05) is 18.7 Å². The van der Waals surface area contributed by atoms with Gasteiger partial charge in [0.1, 0.15) is 5.76 Å². The number of hydrogen-bond acceptors (Lipinski definition) is 4. The van der Waals surface area contributed by atoms with Crippen LogP contribution in [0.5, 0.6) is 0 Å². The van der Waals surface area contributed by atoms with Crippen molar-refractivity contribution in [3.8, 4) is 0 Å². The summed E-state index contributed by atoms with van der Waals surface area (Å²) in [6, 6.07) is 9.31. The number of aryl methyl sites for hydroxylation is 2. The number of carboxylic acid groups (broad SMARTS) is 1. The van der Waals surface area contributed by atoms with Crippen LogP contribution in [0.1, 0.15) is 48.3 Å². The van der Waals surface area contributed by atoms with Crippen molar-refractivity contribution < 1.29 is 19.2 Å². The van der Waals surface area contributed by atoms with Crippen LogP contribution in [0.25, 0.3) is 0 Å². The zero-order valence-corrected chi connectivity index (χ0v) is 15.4. The summed E-state index contributed by atoms with van der Waals surface area (Å²) in [4.78, 5) is 26.7. The second kappa shape index (κ2) is 6.94. The van der Waals surface area contributed by atoms with Gasteiger partial charge in [-0.1, -0.05) is 35.5 Å². The number of amides is 1. The minimum atomic E-state index is -0.926. The maximum Gasteiger partial charge on any atom is 0.314 e. The van der Waals surface area contributed by atoms with E-state index in [9.17, 15) is 14.7 Å². The predicted molar refractivity (Wildman–Crippen MR) is 96.0 cm³/mol. The number of carboxylic acids is 1. The number of nitrogens with zero attached hydrogens (tertiary/aromatic N) is 2. The van der Waals surface area contributed by atoms with E-state index in [1.54, 1.807) is 11.8 Å². The number of piperidine rings is 1. The molecule has 0 saturated carbocycles. The monoisotopic (exact) mass is 356 g/mol. The van der Waals surface area contributed by atoms with E-state index in [1.165, 1.54) is 0 Å². The Morgan fingerprint density at radius 1 is 1.19 bits per heavy atom. The molecule has 0 radical (unpaired) electrons. The molecule has 0 aliphatic carbocycles. The molecule has 26 heavy (non-hydrogen) atoms. The number of hydrogen-bond donors (Lipinski definition) is 1. The van der Waals surface area contributed by atoms with Crippen molar-refractivity contribution in [3.63, 3.8) is 0 Å². The number of rotatable bonds is 4. The van der Waals surface area contributed by atoms with Crippen molar-refractivity contribution in [2.45, 2.75) is 44.9 Å². The van der Waals surface area contributed by atoms with Crippen molar-refractivity contribution in [1.29, 1.82) is 0 Å². The summed E-state index contributed by atoms with van der Waals surface area (Å²) in [6.07, 6.45) is 0.818. The third-order valence-electron chi connectivity index (χ3n) is 5.56. The summed E-state index contributed by atoms with van der Waals surface area (Å²) in [5, 5.41) is 13.8. The van der Waals surface area contributed by atoms with E-state index in [0.717, 1.165) is 16.8 Å². The van der Waals surface area contributed by atoms with Gasteiger partial charge in [0.05, 0.1) is 17.0 Å². The van der Waals surface area contributed by atoms with E-state index >= 15 is 0 Å². The molecule has 0 bridgehead atoms. The van der Waals surface area contributed by atoms with Crippen LogP contribution in [0.3, 0.4) is 0 Å². The Morgan fingerprint density at radius 3 is 2.31 bits per heavy atom. The molecular formula is C20H24N2O4. The number of benzene rings is 1. The van der Waals surface area contributed by atoms with Crippen LogP contribution in [0.2, 0.25) is 0 Å². The quantitative estimate of drug-likeness (QED) is 0.910. The smallest absolute Gasteiger partial charge is 0.314 e. The van der Waals surface area contributed by atoms with E-state index in [-0.39, 0.29) is 11.8 Å². The molecule has 1 aliphatic heterocycles. The molecule has 1 aliphatic rings. The molecule has 1 aromatic carbocycles. The van der Waals surface area contributed by atoms with Crippen molar-refractivity contribution >= 4 is 11.9 Å². The number of aliphatic carboxylic acids is 1. The zero-order chi connectivity index (χ0) is 18.9. The SMILES string of the molecule is Cc1noc(C)c1[C@H](C)C(=O)N1CCC(C(=O)O)(c2ccccc2)CC1. The van der Waals surface area contributed by atoms with Crippen molar-refractivity contribution in [2.75, 3.05) is 13.1 Å². The lowest BCUT2D eigenvalue weighted by Crippen LogP contribution is -2.49. The van der Waals surface area contributed by atoms with Crippen LogP contribution in [-0.2, 0) is 15.0 Å². The summed E-state index contributed by atoms with van der Waals surface area (Å²) in [7, 11) is 0. The van der Waals surface area contributed by atoms with Crippen LogP contribution in [0, 0.1) is 13.8 Å². The third kappa shape index (κ3) is 3.00. The molecule has 6 heteroatoms. The number of likely N-dealkylation sites (tertiary alicyclic amines) is 1. The van der Waals surface area contributed by atoms with Crippen LogP contribution in [-0.4, -0.2) is 40.1 Å². The first-order valence-corrected chi connectivity index (χ1v) is 8.87. The minimum absolute atomic E-state index is 0.00792. The molecule has 1 amide bonds. The third-order valence-corrected chi connectivity index (χ3v) is 5.56. The Hall–Kier alpha value is -2.63. The normalized spacial score (nSPS) is 17.7. The van der Waals surface area contributed by atoms with Gasteiger partial charge in [-0.05, 0) is 39.2 Å². The minimum Gasteiger partial charge on any atom is -0.481 e. The molecule has 0 unspecified atom stereocenters. The molecule has 1 saturated heterocycles. The van der Waals surface area contributed by atoms with Crippen LogP contribution in [0.4, 0.5) is 0 Å². The summed E-state index contributed by atoms with van der Waals surface area (Å²) < 4.78 is 5.18. The first-order chi connectivity index (χ1) is 12.4. The second-order valence-electron chi connectivity index (χ2n) is 7.04. The first-order valence-electron chi connectivity index (χ1n) is 8.87. The topological polar surface area (TPSA) is 83.6 Å². The Labute approximate surface area is 152 Å². The lowest BCUT2D eigenvalue weighted by molar-refractivity contribution is -0.148. The Kier molecular flexibility index (Phi) is 4.85. The maximum absolute atomic E-state index is 12.9. The fourth-order valence-corrected chi connectivity index (χ4v) is 4.00. The molecule has 6 nitrogen and oxygen atoms in total. The molecule has 2 heterocycles. The van der Waals surface area contributed by atoms with Gasteiger partial charge in [-0.2, -0.15) is 0 Å². The van der Waals surface area contributed by atoms with Gasteiger partial charge in [-0.25, -0.2) is 0 Å². The van der Waals surface area contributed by atoms with Gasteiger partial charge >= 0.3 is 5.97 Å². The molecular weight excluding hydrogens is 332 g/mol. The van der Waals surface area contributed by atoms with Crippen LogP contribution < -0.4 is 0 Å². The van der Waals surface area contributed by atoms with Gasteiger partial charge < -0.3 is 14.5 Å². The highest BCUT2D eigenvalue weighted by Crippen LogP contribution is 2.37. The highest BCUT2D eigenvalue weighted by Gasteiger charge is 2.44. The fourth-order valence-electron chi connectivity index (χ4n) is 4.00. The van der Waals surface area contributed by atoms with E-state index in [4.69, 9.17) is 4.52 Å². The first kappa shape index (κ1) is 18.2. The van der Waals surface area contributed by atoms with E-state index in [0.29, 0.717) is 31.7 Å². The molecule has 1 aromatic heterocycles. The van der Waals surface area contributed by atoms with Gasteiger partial charge in [0.25, 0.3) is 0 Å². The molecule has 1 atom stereocenters. The standard InChI is InChI=1S/C20H24N2O4/c1-13(17-14(2)21-26-15(17)3)18(23)22-11-9-20(10-12-22,19(24)25)16-7-5-4-6-8-16/h4-8,13H,9-12H2,1-3H3,(H,24,25)/t13-/m0/s1. The summed E-state index contributed by atoms with van der Waals surface area (Å²) in [5.41, 5.74) is 1.43. The van der Waals surface area contributed by atoms with Crippen molar-refractivity contribution in [1.82, 2.24) is 10.1 Å². The van der Waals surface area contributed by atoms with E-state index in [1.807, 2.05) is 44.2 Å². The highest BCUT2D eigenvalue weighted by molar-refractivity contribution is 5.85. The largest absolute Gasteiger partial charge is 0.481 e. The molecule has 1 fully saturated rings. The average Bonchev–Trinajstić information content (AvgIpc) is 2.99. The maximum atomic E-state index is 12.9. The second-order valence-corrected chi connectivity index (χ2v) is 7.04. The van der Waals surface area contributed by atoms with Crippen LogP contribution >= 0.6 is 0 Å². The molecule has 3 rings (SSSR count). The predicted octanol–water partition coefficient (Wildman–Crippen LogP) is 3.04. The summed E-state index contributed by atoms with van der Waals surface area (Å²) >= 11 is 0. The van der Waals surface area contributed by atoms with Crippen molar-refractivity contribution in [3.05, 3.63) is 52.9 Å². The Balaban J connectivity index is 1.77. The number of carbonyl (C=O) groups excluding carboxylic acids is 1. The molecule has 0 spiro atoms. The van der Waals surface area contributed by atoms with Gasteiger partial charge in [0.15, 0.2) is 0 Å².